The molecule has 0 radical (unpaired) electrons. The van der Waals surface area contributed by atoms with Gasteiger partial charge in [0.15, 0.2) is 0 Å². The molecular formula is C12H15BrN2O3. The third-order valence-corrected chi connectivity index (χ3v) is 2.69. The zero-order valence-electron chi connectivity index (χ0n) is 9.94. The molecule has 1 aromatic carbocycles. The third kappa shape index (κ3) is 5.67. The Morgan fingerprint density at radius 3 is 2.78 bits per heavy atom. The van der Waals surface area contributed by atoms with E-state index in [1.54, 1.807) is 6.92 Å². The van der Waals surface area contributed by atoms with E-state index in [-0.39, 0.29) is 12.5 Å². The van der Waals surface area contributed by atoms with Crippen molar-refractivity contribution in [2.45, 2.75) is 25.9 Å². The summed E-state index contributed by atoms with van der Waals surface area (Å²) in [4.78, 5) is 21.9. The lowest BCUT2D eigenvalue weighted by atomic mass is 10.2. The molecule has 0 aromatic heterocycles. The van der Waals surface area contributed by atoms with E-state index in [0.29, 0.717) is 6.54 Å². The molecule has 1 atom stereocenters. The standard InChI is InChI=1S/C12H15BrN2O3/c1-8(5-11(16)17)15-12(18)14-7-9-3-2-4-10(13)6-9/h2-4,6,8H,5,7H2,1H3,(H,16,17)(H2,14,15,18). The first-order valence-corrected chi connectivity index (χ1v) is 6.27. The van der Waals surface area contributed by atoms with E-state index in [4.69, 9.17) is 5.11 Å². The number of aliphatic carboxylic acids is 1. The van der Waals surface area contributed by atoms with Crippen LogP contribution < -0.4 is 10.6 Å². The van der Waals surface area contributed by atoms with Crippen LogP contribution in [0.1, 0.15) is 18.9 Å². The Kier molecular flexibility index (Phi) is 5.64. The van der Waals surface area contributed by atoms with Crippen LogP contribution in [-0.2, 0) is 11.3 Å². The van der Waals surface area contributed by atoms with E-state index in [1.807, 2.05) is 24.3 Å². The van der Waals surface area contributed by atoms with Crippen molar-refractivity contribution in [3.8, 4) is 0 Å². The number of amides is 2. The number of carboxylic acid groups (broad SMARTS) is 1. The molecule has 2 amide bonds. The number of benzene rings is 1. The van der Waals surface area contributed by atoms with Crippen molar-refractivity contribution in [1.82, 2.24) is 10.6 Å². The van der Waals surface area contributed by atoms with Crippen LogP contribution in [-0.4, -0.2) is 23.1 Å². The molecule has 0 saturated heterocycles. The number of nitrogens with one attached hydrogen (secondary N) is 2. The molecule has 0 aliphatic heterocycles. The summed E-state index contributed by atoms with van der Waals surface area (Å²) in [5.41, 5.74) is 0.963. The van der Waals surface area contributed by atoms with E-state index in [1.165, 1.54) is 0 Å². The van der Waals surface area contributed by atoms with Crippen molar-refractivity contribution in [3.63, 3.8) is 0 Å². The normalized spacial score (nSPS) is 11.7. The number of urea groups is 1. The van der Waals surface area contributed by atoms with Crippen LogP contribution in [0.3, 0.4) is 0 Å². The second-order valence-electron chi connectivity index (χ2n) is 3.96. The molecule has 0 aliphatic carbocycles. The molecule has 0 fully saturated rings. The number of carboxylic acids is 1. The highest BCUT2D eigenvalue weighted by molar-refractivity contribution is 9.10. The van der Waals surface area contributed by atoms with Crippen molar-refractivity contribution in [3.05, 3.63) is 34.3 Å². The highest BCUT2D eigenvalue weighted by Gasteiger charge is 2.10. The highest BCUT2D eigenvalue weighted by atomic mass is 79.9. The second kappa shape index (κ2) is 7.00. The first kappa shape index (κ1) is 14.5. The van der Waals surface area contributed by atoms with Gasteiger partial charge >= 0.3 is 12.0 Å². The second-order valence-corrected chi connectivity index (χ2v) is 4.87. The summed E-state index contributed by atoms with van der Waals surface area (Å²) in [6.07, 6.45) is -0.0930. The van der Waals surface area contributed by atoms with Crippen molar-refractivity contribution in [1.29, 1.82) is 0 Å². The number of halogens is 1. The first-order valence-electron chi connectivity index (χ1n) is 5.48. The van der Waals surface area contributed by atoms with Crippen molar-refractivity contribution < 1.29 is 14.7 Å². The minimum atomic E-state index is -0.935. The van der Waals surface area contributed by atoms with Crippen LogP contribution in [0.5, 0.6) is 0 Å². The predicted molar refractivity (Wildman–Crippen MR) is 71.2 cm³/mol. The summed E-state index contributed by atoms with van der Waals surface area (Å²) in [6.45, 7) is 2.04. The maximum atomic E-state index is 11.5. The molecule has 0 bridgehead atoms. The zero-order chi connectivity index (χ0) is 13.5. The van der Waals surface area contributed by atoms with Gasteiger partial charge in [-0.3, -0.25) is 4.79 Å². The van der Waals surface area contributed by atoms with Crippen molar-refractivity contribution in [2.75, 3.05) is 0 Å². The highest BCUT2D eigenvalue weighted by Crippen LogP contribution is 2.11. The van der Waals surface area contributed by atoms with Crippen LogP contribution in [0.4, 0.5) is 4.79 Å². The molecule has 1 rings (SSSR count). The molecule has 6 heteroatoms. The Labute approximate surface area is 114 Å². The van der Waals surface area contributed by atoms with Gasteiger partial charge in [0.2, 0.25) is 0 Å². The van der Waals surface area contributed by atoms with E-state index in [0.717, 1.165) is 10.0 Å². The fourth-order valence-electron chi connectivity index (χ4n) is 1.42. The van der Waals surface area contributed by atoms with E-state index >= 15 is 0 Å². The third-order valence-electron chi connectivity index (χ3n) is 2.20. The SMILES string of the molecule is CC(CC(=O)O)NC(=O)NCc1cccc(Br)c1. The van der Waals surface area contributed by atoms with Gasteiger partial charge in [0.1, 0.15) is 0 Å². The molecule has 98 valence electrons. The predicted octanol–water partition coefficient (Wildman–Crippen LogP) is 2.11. The van der Waals surface area contributed by atoms with Gasteiger partial charge in [-0.1, -0.05) is 28.1 Å². The average molecular weight is 315 g/mol. The van der Waals surface area contributed by atoms with Gasteiger partial charge in [0.25, 0.3) is 0 Å². The Morgan fingerprint density at radius 2 is 2.17 bits per heavy atom. The number of hydrogen-bond donors (Lipinski definition) is 3. The van der Waals surface area contributed by atoms with Gasteiger partial charge in [0, 0.05) is 17.1 Å². The molecule has 0 spiro atoms. The summed E-state index contributed by atoms with van der Waals surface area (Å²) in [5.74, 6) is -0.935. The van der Waals surface area contributed by atoms with Crippen LogP contribution in [0.25, 0.3) is 0 Å². The quantitative estimate of drug-likeness (QED) is 0.779. The Morgan fingerprint density at radius 1 is 1.44 bits per heavy atom. The van der Waals surface area contributed by atoms with E-state index < -0.39 is 12.0 Å². The molecule has 0 saturated carbocycles. The summed E-state index contributed by atoms with van der Waals surface area (Å²) < 4.78 is 0.946. The van der Waals surface area contributed by atoms with Gasteiger partial charge in [-0.25, -0.2) is 4.79 Å². The Bertz CT molecular complexity index is 437. The van der Waals surface area contributed by atoms with Crippen LogP contribution in [0.2, 0.25) is 0 Å². The van der Waals surface area contributed by atoms with E-state index in [9.17, 15) is 9.59 Å². The lowest BCUT2D eigenvalue weighted by Crippen LogP contribution is -2.41. The number of carbonyl (C=O) groups excluding carboxylic acids is 1. The Balaban J connectivity index is 2.35. The number of rotatable bonds is 5. The average Bonchev–Trinajstić information content (AvgIpc) is 2.25. The smallest absolute Gasteiger partial charge is 0.315 e. The first-order chi connectivity index (χ1) is 8.47. The van der Waals surface area contributed by atoms with Gasteiger partial charge < -0.3 is 15.7 Å². The lowest BCUT2D eigenvalue weighted by Gasteiger charge is -2.12. The van der Waals surface area contributed by atoms with Gasteiger partial charge in [-0.15, -0.1) is 0 Å². The summed E-state index contributed by atoms with van der Waals surface area (Å²) in [5, 5.41) is 13.8. The largest absolute Gasteiger partial charge is 0.481 e. The lowest BCUT2D eigenvalue weighted by molar-refractivity contribution is -0.137. The van der Waals surface area contributed by atoms with Crippen molar-refractivity contribution >= 4 is 27.9 Å². The molecule has 1 unspecified atom stereocenters. The number of carbonyl (C=O) groups is 2. The van der Waals surface area contributed by atoms with E-state index in [2.05, 4.69) is 26.6 Å². The molecule has 5 nitrogen and oxygen atoms in total. The fraction of sp³-hybridized carbons (Fsp3) is 0.333. The zero-order valence-corrected chi connectivity index (χ0v) is 11.5. The molecule has 0 aliphatic rings. The maximum absolute atomic E-state index is 11.5. The summed E-state index contributed by atoms with van der Waals surface area (Å²) in [7, 11) is 0. The minimum Gasteiger partial charge on any atom is -0.481 e. The summed E-state index contributed by atoms with van der Waals surface area (Å²) in [6, 6.07) is 6.81. The van der Waals surface area contributed by atoms with Crippen LogP contribution >= 0.6 is 15.9 Å². The van der Waals surface area contributed by atoms with Gasteiger partial charge in [-0.2, -0.15) is 0 Å². The Hall–Kier alpha value is -1.56. The van der Waals surface area contributed by atoms with Gasteiger partial charge in [0.05, 0.1) is 6.42 Å². The summed E-state index contributed by atoms with van der Waals surface area (Å²) >= 11 is 3.34. The molecule has 1 aromatic rings. The molecular weight excluding hydrogens is 300 g/mol. The minimum absolute atomic E-state index is 0.0930. The number of hydrogen-bond acceptors (Lipinski definition) is 2. The monoisotopic (exact) mass is 314 g/mol. The topological polar surface area (TPSA) is 78.4 Å². The molecule has 3 N–H and O–H groups in total. The molecule has 0 heterocycles. The van der Waals surface area contributed by atoms with Crippen LogP contribution in [0, 0.1) is 0 Å². The fourth-order valence-corrected chi connectivity index (χ4v) is 1.86. The van der Waals surface area contributed by atoms with Crippen molar-refractivity contribution in [2.24, 2.45) is 0 Å². The maximum Gasteiger partial charge on any atom is 0.315 e. The van der Waals surface area contributed by atoms with Crippen LogP contribution in [0.15, 0.2) is 28.7 Å². The van der Waals surface area contributed by atoms with Gasteiger partial charge in [-0.05, 0) is 24.6 Å². The molecule has 18 heavy (non-hydrogen) atoms.